The first kappa shape index (κ1) is 17.4. The summed E-state index contributed by atoms with van der Waals surface area (Å²) < 4.78 is 16.1. The number of allylic oxidation sites excluding steroid dienone is 1. The van der Waals surface area contributed by atoms with Crippen molar-refractivity contribution >= 4 is 22.7 Å². The number of methoxy groups -OCH3 is 2. The van der Waals surface area contributed by atoms with Gasteiger partial charge in [0.1, 0.15) is 17.6 Å². The SMILES string of the molecule is CCOc1ccc(/C=C(/C#N)c2nc3ccc(OC)cc3[nH]2)cc1OC. The van der Waals surface area contributed by atoms with Gasteiger partial charge in [-0.15, -0.1) is 0 Å². The zero-order valence-corrected chi connectivity index (χ0v) is 14.9. The second kappa shape index (κ2) is 7.62. The van der Waals surface area contributed by atoms with Crippen molar-refractivity contribution in [2.24, 2.45) is 0 Å². The lowest BCUT2D eigenvalue weighted by Crippen LogP contribution is -1.95. The number of H-pyrrole nitrogens is 1. The number of aromatic amines is 1. The molecule has 0 bridgehead atoms. The Kier molecular flexibility index (Phi) is 5.09. The van der Waals surface area contributed by atoms with Gasteiger partial charge in [-0.25, -0.2) is 4.98 Å². The standard InChI is InChI=1S/C20H19N3O3/c1-4-26-18-8-5-13(10-19(18)25-3)9-14(12-21)20-22-16-7-6-15(24-2)11-17(16)23-20/h5-11H,4H2,1-3H3,(H,22,23)/b14-9-. The molecule has 0 aliphatic rings. The molecule has 1 aromatic heterocycles. The lowest BCUT2D eigenvalue weighted by atomic mass is 10.1. The third-order valence-corrected chi connectivity index (χ3v) is 3.86. The van der Waals surface area contributed by atoms with Crippen molar-refractivity contribution in [3.05, 3.63) is 47.8 Å². The lowest BCUT2D eigenvalue weighted by molar-refractivity contribution is 0.311. The summed E-state index contributed by atoms with van der Waals surface area (Å²) in [4.78, 5) is 7.65. The Morgan fingerprint density at radius 2 is 2.00 bits per heavy atom. The fraction of sp³-hybridized carbons (Fsp3) is 0.200. The van der Waals surface area contributed by atoms with Crippen molar-refractivity contribution in [2.75, 3.05) is 20.8 Å². The number of benzene rings is 2. The largest absolute Gasteiger partial charge is 0.497 e. The van der Waals surface area contributed by atoms with E-state index in [2.05, 4.69) is 16.0 Å². The van der Waals surface area contributed by atoms with E-state index < -0.39 is 0 Å². The second-order valence-electron chi connectivity index (χ2n) is 5.48. The monoisotopic (exact) mass is 349 g/mol. The molecule has 0 amide bonds. The van der Waals surface area contributed by atoms with Crippen LogP contribution in [-0.2, 0) is 0 Å². The molecule has 0 radical (unpaired) electrons. The summed E-state index contributed by atoms with van der Waals surface area (Å²) in [6.45, 7) is 2.47. The highest BCUT2D eigenvalue weighted by Crippen LogP contribution is 2.30. The number of hydrogen-bond donors (Lipinski definition) is 1. The fourth-order valence-electron chi connectivity index (χ4n) is 2.61. The molecule has 132 valence electrons. The molecule has 2 aromatic carbocycles. The molecule has 1 N–H and O–H groups in total. The minimum atomic E-state index is 0.423. The normalized spacial score (nSPS) is 11.2. The van der Waals surface area contributed by atoms with E-state index in [-0.39, 0.29) is 0 Å². The first-order valence-corrected chi connectivity index (χ1v) is 8.15. The van der Waals surface area contributed by atoms with Gasteiger partial charge in [0.05, 0.1) is 37.4 Å². The van der Waals surface area contributed by atoms with Crippen LogP contribution >= 0.6 is 0 Å². The maximum absolute atomic E-state index is 9.57. The van der Waals surface area contributed by atoms with Gasteiger partial charge in [-0.05, 0) is 42.8 Å². The van der Waals surface area contributed by atoms with Crippen LogP contribution in [0.15, 0.2) is 36.4 Å². The van der Waals surface area contributed by atoms with Crippen molar-refractivity contribution in [3.8, 4) is 23.3 Å². The molecule has 3 rings (SSSR count). The van der Waals surface area contributed by atoms with E-state index in [1.165, 1.54) is 0 Å². The zero-order valence-electron chi connectivity index (χ0n) is 14.9. The van der Waals surface area contributed by atoms with Crippen molar-refractivity contribution in [1.29, 1.82) is 5.26 Å². The molecule has 0 atom stereocenters. The van der Waals surface area contributed by atoms with Gasteiger partial charge in [-0.2, -0.15) is 5.26 Å². The number of nitrogens with one attached hydrogen (secondary N) is 1. The molecule has 6 heteroatoms. The van der Waals surface area contributed by atoms with Crippen LogP contribution in [0.5, 0.6) is 17.2 Å². The molecule has 0 fully saturated rings. The summed E-state index contributed by atoms with van der Waals surface area (Å²) in [5, 5.41) is 9.57. The second-order valence-corrected chi connectivity index (χ2v) is 5.48. The maximum Gasteiger partial charge on any atom is 0.161 e. The Balaban J connectivity index is 1.99. The molecule has 1 heterocycles. The molecular weight excluding hydrogens is 330 g/mol. The van der Waals surface area contributed by atoms with E-state index in [0.29, 0.717) is 29.5 Å². The molecule has 26 heavy (non-hydrogen) atoms. The third kappa shape index (κ3) is 3.47. The van der Waals surface area contributed by atoms with Crippen LogP contribution in [0.4, 0.5) is 0 Å². The van der Waals surface area contributed by atoms with Crippen LogP contribution in [0, 0.1) is 11.3 Å². The molecule has 0 unspecified atom stereocenters. The summed E-state index contributed by atoms with van der Waals surface area (Å²) in [7, 11) is 3.20. The van der Waals surface area contributed by atoms with Gasteiger partial charge < -0.3 is 19.2 Å². The van der Waals surface area contributed by atoms with Crippen LogP contribution in [0.1, 0.15) is 18.3 Å². The van der Waals surface area contributed by atoms with Crippen LogP contribution in [0.2, 0.25) is 0 Å². The van der Waals surface area contributed by atoms with Crippen molar-refractivity contribution in [3.63, 3.8) is 0 Å². The van der Waals surface area contributed by atoms with Gasteiger partial charge in [0, 0.05) is 6.07 Å². The number of aromatic nitrogens is 2. The fourth-order valence-corrected chi connectivity index (χ4v) is 2.61. The highest BCUT2D eigenvalue weighted by molar-refractivity contribution is 5.90. The van der Waals surface area contributed by atoms with Gasteiger partial charge >= 0.3 is 0 Å². The number of hydrogen-bond acceptors (Lipinski definition) is 5. The minimum Gasteiger partial charge on any atom is -0.497 e. The Bertz CT molecular complexity index is 999. The van der Waals surface area contributed by atoms with E-state index in [0.717, 1.165) is 22.3 Å². The summed E-state index contributed by atoms with van der Waals surface area (Å²) in [5.41, 5.74) is 2.82. The first-order chi connectivity index (χ1) is 12.7. The number of nitriles is 1. The average Bonchev–Trinajstić information content (AvgIpc) is 3.10. The van der Waals surface area contributed by atoms with E-state index in [1.54, 1.807) is 20.3 Å². The van der Waals surface area contributed by atoms with Crippen LogP contribution in [-0.4, -0.2) is 30.8 Å². The van der Waals surface area contributed by atoms with Gasteiger partial charge in [-0.3, -0.25) is 0 Å². The van der Waals surface area contributed by atoms with Crippen molar-refractivity contribution in [2.45, 2.75) is 6.92 Å². The van der Waals surface area contributed by atoms with E-state index in [4.69, 9.17) is 14.2 Å². The number of nitrogens with zero attached hydrogens (tertiary/aromatic N) is 2. The topological polar surface area (TPSA) is 80.2 Å². The first-order valence-electron chi connectivity index (χ1n) is 8.15. The van der Waals surface area contributed by atoms with Gasteiger partial charge in [0.25, 0.3) is 0 Å². The van der Waals surface area contributed by atoms with Crippen LogP contribution in [0.3, 0.4) is 0 Å². The summed E-state index contributed by atoms with van der Waals surface area (Å²) in [5.74, 6) is 2.52. The average molecular weight is 349 g/mol. The molecule has 0 aliphatic heterocycles. The summed E-state index contributed by atoms with van der Waals surface area (Å²) in [6, 6.07) is 13.3. The number of fused-ring (bicyclic) bond motifs is 1. The Labute approximate surface area is 151 Å². The molecule has 0 saturated heterocycles. The predicted molar refractivity (Wildman–Crippen MR) is 100 cm³/mol. The van der Waals surface area contributed by atoms with Crippen molar-refractivity contribution < 1.29 is 14.2 Å². The Hall–Kier alpha value is -3.46. The van der Waals surface area contributed by atoms with E-state index in [9.17, 15) is 5.26 Å². The summed E-state index contributed by atoms with van der Waals surface area (Å²) in [6.07, 6.45) is 1.76. The van der Waals surface area contributed by atoms with Crippen molar-refractivity contribution in [1.82, 2.24) is 9.97 Å². The molecule has 0 aliphatic carbocycles. The minimum absolute atomic E-state index is 0.423. The molecule has 0 saturated carbocycles. The number of imidazole rings is 1. The molecule has 6 nitrogen and oxygen atoms in total. The zero-order chi connectivity index (χ0) is 18.5. The Morgan fingerprint density at radius 3 is 2.69 bits per heavy atom. The molecule has 0 spiro atoms. The highest BCUT2D eigenvalue weighted by Gasteiger charge is 2.10. The van der Waals surface area contributed by atoms with Crippen LogP contribution in [0.25, 0.3) is 22.7 Å². The van der Waals surface area contributed by atoms with Gasteiger partial charge in [-0.1, -0.05) is 6.07 Å². The molecule has 3 aromatic rings. The number of ether oxygens (including phenoxy) is 3. The lowest BCUT2D eigenvalue weighted by Gasteiger charge is -2.09. The van der Waals surface area contributed by atoms with Gasteiger partial charge in [0.2, 0.25) is 0 Å². The quantitative estimate of drug-likeness (QED) is 0.679. The van der Waals surface area contributed by atoms with Gasteiger partial charge in [0.15, 0.2) is 11.5 Å². The highest BCUT2D eigenvalue weighted by atomic mass is 16.5. The Morgan fingerprint density at radius 1 is 1.15 bits per heavy atom. The third-order valence-electron chi connectivity index (χ3n) is 3.86. The predicted octanol–water partition coefficient (Wildman–Crippen LogP) is 4.04. The van der Waals surface area contributed by atoms with E-state index in [1.807, 2.05) is 43.3 Å². The number of rotatable bonds is 6. The summed E-state index contributed by atoms with van der Waals surface area (Å²) >= 11 is 0. The smallest absolute Gasteiger partial charge is 0.161 e. The molecular formula is C20H19N3O3. The van der Waals surface area contributed by atoms with E-state index >= 15 is 0 Å². The maximum atomic E-state index is 9.57. The van der Waals surface area contributed by atoms with Crippen LogP contribution < -0.4 is 14.2 Å².